The second kappa shape index (κ2) is 10.9. The molecular weight excluding hydrogens is 184 g/mol. The molecule has 0 aliphatic rings. The standard InChI is InChI=1S/C10H22O4/c1-3-4-10(11)9-14-8-7-13-6-5-12-2/h10-11H,3-9H2,1-2H3. The average molecular weight is 206 g/mol. The fourth-order valence-electron chi connectivity index (χ4n) is 0.998. The zero-order chi connectivity index (χ0) is 10.6. The highest BCUT2D eigenvalue weighted by atomic mass is 16.5. The first kappa shape index (κ1) is 13.8. The third-order valence-electron chi connectivity index (χ3n) is 1.74. The molecule has 0 spiro atoms. The van der Waals surface area contributed by atoms with Gasteiger partial charge in [0.05, 0.1) is 39.1 Å². The van der Waals surface area contributed by atoms with Crippen molar-refractivity contribution in [1.82, 2.24) is 0 Å². The fourth-order valence-corrected chi connectivity index (χ4v) is 0.998. The molecule has 86 valence electrons. The smallest absolute Gasteiger partial charge is 0.0773 e. The van der Waals surface area contributed by atoms with E-state index in [0.717, 1.165) is 12.8 Å². The minimum atomic E-state index is -0.334. The highest BCUT2D eigenvalue weighted by Crippen LogP contribution is 1.96. The molecule has 0 rings (SSSR count). The van der Waals surface area contributed by atoms with Gasteiger partial charge in [0.15, 0.2) is 0 Å². The van der Waals surface area contributed by atoms with Crippen molar-refractivity contribution in [2.45, 2.75) is 25.9 Å². The van der Waals surface area contributed by atoms with Gasteiger partial charge in [0.25, 0.3) is 0 Å². The van der Waals surface area contributed by atoms with Crippen molar-refractivity contribution in [3.8, 4) is 0 Å². The van der Waals surface area contributed by atoms with Gasteiger partial charge < -0.3 is 19.3 Å². The first-order valence-corrected chi connectivity index (χ1v) is 5.13. The van der Waals surface area contributed by atoms with Crippen LogP contribution in [0.25, 0.3) is 0 Å². The Kier molecular flexibility index (Phi) is 10.8. The molecule has 0 radical (unpaired) electrons. The summed E-state index contributed by atoms with van der Waals surface area (Å²) in [6, 6.07) is 0. The molecule has 4 nitrogen and oxygen atoms in total. The van der Waals surface area contributed by atoms with Gasteiger partial charge in [0.1, 0.15) is 0 Å². The molecule has 0 amide bonds. The molecule has 1 unspecified atom stereocenters. The molecule has 1 N–H and O–H groups in total. The van der Waals surface area contributed by atoms with Gasteiger partial charge in [0, 0.05) is 7.11 Å². The van der Waals surface area contributed by atoms with Crippen LogP contribution in [-0.4, -0.2) is 51.4 Å². The van der Waals surface area contributed by atoms with Crippen LogP contribution < -0.4 is 0 Å². The summed E-state index contributed by atoms with van der Waals surface area (Å²) in [6.07, 6.45) is 1.44. The van der Waals surface area contributed by atoms with Crippen molar-refractivity contribution in [1.29, 1.82) is 0 Å². The van der Waals surface area contributed by atoms with Crippen molar-refractivity contribution < 1.29 is 19.3 Å². The zero-order valence-corrected chi connectivity index (χ0v) is 9.20. The van der Waals surface area contributed by atoms with E-state index in [1.807, 2.05) is 6.92 Å². The van der Waals surface area contributed by atoms with Gasteiger partial charge in [-0.2, -0.15) is 0 Å². The quantitative estimate of drug-likeness (QED) is 0.538. The van der Waals surface area contributed by atoms with E-state index in [0.29, 0.717) is 33.0 Å². The summed E-state index contributed by atoms with van der Waals surface area (Å²) in [5.41, 5.74) is 0. The van der Waals surface area contributed by atoms with Crippen LogP contribution in [0.4, 0.5) is 0 Å². The molecule has 0 aromatic heterocycles. The Labute approximate surface area is 86.2 Å². The predicted octanol–water partition coefficient (Wildman–Crippen LogP) is 0.827. The van der Waals surface area contributed by atoms with E-state index >= 15 is 0 Å². The largest absolute Gasteiger partial charge is 0.391 e. The number of ether oxygens (including phenoxy) is 3. The number of hydrogen-bond donors (Lipinski definition) is 1. The molecule has 0 fully saturated rings. The van der Waals surface area contributed by atoms with E-state index < -0.39 is 0 Å². The number of methoxy groups -OCH3 is 1. The minimum Gasteiger partial charge on any atom is -0.391 e. The Morgan fingerprint density at radius 3 is 2.36 bits per heavy atom. The molecule has 0 aliphatic carbocycles. The van der Waals surface area contributed by atoms with Crippen LogP contribution in [0.5, 0.6) is 0 Å². The number of hydrogen-bond acceptors (Lipinski definition) is 4. The monoisotopic (exact) mass is 206 g/mol. The van der Waals surface area contributed by atoms with E-state index in [1.165, 1.54) is 0 Å². The predicted molar refractivity (Wildman–Crippen MR) is 54.4 cm³/mol. The second-order valence-corrected chi connectivity index (χ2v) is 3.12. The molecule has 4 heteroatoms. The third kappa shape index (κ3) is 9.92. The Bertz CT molecular complexity index is 108. The van der Waals surface area contributed by atoms with Crippen LogP contribution in [0.2, 0.25) is 0 Å². The maximum Gasteiger partial charge on any atom is 0.0773 e. The Hall–Kier alpha value is -0.160. The molecular formula is C10H22O4. The minimum absolute atomic E-state index is 0.334. The van der Waals surface area contributed by atoms with Crippen molar-refractivity contribution in [2.75, 3.05) is 40.1 Å². The molecule has 0 aromatic carbocycles. The zero-order valence-electron chi connectivity index (χ0n) is 9.20. The first-order valence-electron chi connectivity index (χ1n) is 5.13. The fraction of sp³-hybridized carbons (Fsp3) is 1.00. The highest BCUT2D eigenvalue weighted by molar-refractivity contribution is 4.51. The van der Waals surface area contributed by atoms with Gasteiger partial charge in [-0.15, -0.1) is 0 Å². The lowest BCUT2D eigenvalue weighted by Gasteiger charge is -2.09. The lowest BCUT2D eigenvalue weighted by molar-refractivity contribution is -0.00726. The number of aliphatic hydroxyl groups is 1. The molecule has 0 bridgehead atoms. The maximum absolute atomic E-state index is 9.30. The SMILES string of the molecule is CCCC(O)COCCOCCOC. The molecule has 0 aliphatic heterocycles. The van der Waals surface area contributed by atoms with Crippen LogP contribution in [0, 0.1) is 0 Å². The molecule has 14 heavy (non-hydrogen) atoms. The van der Waals surface area contributed by atoms with E-state index in [1.54, 1.807) is 7.11 Å². The van der Waals surface area contributed by atoms with Crippen molar-refractivity contribution in [2.24, 2.45) is 0 Å². The summed E-state index contributed by atoms with van der Waals surface area (Å²) < 4.78 is 15.2. The maximum atomic E-state index is 9.30. The van der Waals surface area contributed by atoms with Gasteiger partial charge in [-0.25, -0.2) is 0 Å². The summed E-state index contributed by atoms with van der Waals surface area (Å²) in [6.45, 7) is 4.74. The second-order valence-electron chi connectivity index (χ2n) is 3.12. The van der Waals surface area contributed by atoms with Gasteiger partial charge in [0.2, 0.25) is 0 Å². The number of rotatable bonds is 10. The van der Waals surface area contributed by atoms with Gasteiger partial charge in [-0.05, 0) is 6.42 Å². The summed E-state index contributed by atoms with van der Waals surface area (Å²) in [5, 5.41) is 9.30. The Morgan fingerprint density at radius 1 is 1.07 bits per heavy atom. The van der Waals surface area contributed by atoms with Crippen LogP contribution in [0.1, 0.15) is 19.8 Å². The van der Waals surface area contributed by atoms with Crippen molar-refractivity contribution >= 4 is 0 Å². The average Bonchev–Trinajstić information content (AvgIpc) is 2.17. The summed E-state index contributed by atoms with van der Waals surface area (Å²) in [4.78, 5) is 0. The molecule has 0 aromatic rings. The summed E-state index contributed by atoms with van der Waals surface area (Å²) >= 11 is 0. The lowest BCUT2D eigenvalue weighted by atomic mass is 10.2. The lowest BCUT2D eigenvalue weighted by Crippen LogP contribution is -2.17. The Balaban J connectivity index is 2.98. The summed E-state index contributed by atoms with van der Waals surface area (Å²) in [7, 11) is 1.64. The van der Waals surface area contributed by atoms with Crippen LogP contribution in [0.15, 0.2) is 0 Å². The highest BCUT2D eigenvalue weighted by Gasteiger charge is 2.01. The van der Waals surface area contributed by atoms with Crippen molar-refractivity contribution in [3.63, 3.8) is 0 Å². The molecule has 1 atom stereocenters. The van der Waals surface area contributed by atoms with E-state index in [-0.39, 0.29) is 6.10 Å². The summed E-state index contributed by atoms with van der Waals surface area (Å²) in [5.74, 6) is 0. The normalized spacial score (nSPS) is 13.1. The molecule has 0 saturated carbocycles. The number of aliphatic hydroxyl groups excluding tert-OH is 1. The van der Waals surface area contributed by atoms with E-state index in [9.17, 15) is 5.11 Å². The third-order valence-corrected chi connectivity index (χ3v) is 1.74. The van der Waals surface area contributed by atoms with Crippen LogP contribution in [0.3, 0.4) is 0 Å². The first-order chi connectivity index (χ1) is 6.81. The Morgan fingerprint density at radius 2 is 1.71 bits per heavy atom. The van der Waals surface area contributed by atoms with Gasteiger partial charge in [-0.1, -0.05) is 13.3 Å². The van der Waals surface area contributed by atoms with Crippen LogP contribution in [-0.2, 0) is 14.2 Å². The van der Waals surface area contributed by atoms with Gasteiger partial charge >= 0.3 is 0 Å². The molecule has 0 heterocycles. The van der Waals surface area contributed by atoms with Crippen molar-refractivity contribution in [3.05, 3.63) is 0 Å². The van der Waals surface area contributed by atoms with Gasteiger partial charge in [-0.3, -0.25) is 0 Å². The van der Waals surface area contributed by atoms with Crippen LogP contribution >= 0.6 is 0 Å². The van der Waals surface area contributed by atoms with E-state index in [4.69, 9.17) is 14.2 Å². The topological polar surface area (TPSA) is 47.9 Å². The molecule has 0 saturated heterocycles. The van der Waals surface area contributed by atoms with E-state index in [2.05, 4.69) is 0 Å².